The highest BCUT2D eigenvalue weighted by Crippen LogP contribution is 2.22. The van der Waals surface area contributed by atoms with Crippen LogP contribution >= 0.6 is 11.3 Å². The first-order valence-electron chi connectivity index (χ1n) is 7.59. The number of hydrogen-bond acceptors (Lipinski definition) is 5. The van der Waals surface area contributed by atoms with Crippen LogP contribution in [0.15, 0.2) is 23.7 Å². The molecule has 0 bridgehead atoms. The molecule has 0 spiro atoms. The molecule has 1 N–H and O–H groups in total. The molecule has 3 heterocycles. The summed E-state index contributed by atoms with van der Waals surface area (Å²) in [6.07, 6.45) is 2.00. The number of likely N-dealkylation sites (N-methyl/N-ethyl adjacent to an activating group) is 2. The second kappa shape index (κ2) is 6.40. The SMILES string of the molecule is CC(NCC1CN(C)CCN1C)c1cnc2ccsc2c1. The highest BCUT2D eigenvalue weighted by atomic mass is 32.1. The molecule has 3 rings (SSSR count). The lowest BCUT2D eigenvalue weighted by atomic mass is 10.1. The van der Waals surface area contributed by atoms with Crippen LogP contribution in [-0.2, 0) is 0 Å². The minimum Gasteiger partial charge on any atom is -0.309 e. The van der Waals surface area contributed by atoms with Gasteiger partial charge in [0.05, 0.1) is 10.2 Å². The molecule has 1 saturated heterocycles. The molecule has 2 aromatic rings. The molecule has 114 valence electrons. The van der Waals surface area contributed by atoms with E-state index in [1.54, 1.807) is 11.3 Å². The predicted octanol–water partition coefficient (Wildman–Crippen LogP) is 2.19. The summed E-state index contributed by atoms with van der Waals surface area (Å²) in [5.41, 5.74) is 2.38. The van der Waals surface area contributed by atoms with E-state index in [1.165, 1.54) is 16.8 Å². The molecular formula is C16H24N4S. The van der Waals surface area contributed by atoms with Gasteiger partial charge in [0.1, 0.15) is 0 Å². The Hall–Kier alpha value is -1.01. The Balaban J connectivity index is 1.61. The molecule has 2 atom stereocenters. The van der Waals surface area contributed by atoms with E-state index >= 15 is 0 Å². The third-order valence-corrected chi connectivity index (χ3v) is 5.32. The van der Waals surface area contributed by atoms with Gasteiger partial charge in [-0.05, 0) is 44.1 Å². The Morgan fingerprint density at radius 3 is 3.14 bits per heavy atom. The fourth-order valence-corrected chi connectivity index (χ4v) is 3.64. The Morgan fingerprint density at radius 2 is 2.29 bits per heavy atom. The Morgan fingerprint density at radius 1 is 1.43 bits per heavy atom. The Labute approximate surface area is 130 Å². The maximum atomic E-state index is 4.54. The monoisotopic (exact) mass is 304 g/mol. The van der Waals surface area contributed by atoms with Crippen molar-refractivity contribution in [1.82, 2.24) is 20.1 Å². The molecule has 0 radical (unpaired) electrons. The van der Waals surface area contributed by atoms with Crippen LogP contribution in [-0.4, -0.2) is 61.1 Å². The van der Waals surface area contributed by atoms with Crippen LogP contribution in [0.3, 0.4) is 0 Å². The number of thiophene rings is 1. The fourth-order valence-electron chi connectivity index (χ4n) is 2.85. The third kappa shape index (κ3) is 3.43. The van der Waals surface area contributed by atoms with Crippen molar-refractivity contribution in [3.05, 3.63) is 29.3 Å². The maximum Gasteiger partial charge on any atom is 0.0809 e. The Kier molecular flexibility index (Phi) is 4.54. The van der Waals surface area contributed by atoms with Crippen molar-refractivity contribution in [3.8, 4) is 0 Å². The molecular weight excluding hydrogens is 280 g/mol. The lowest BCUT2D eigenvalue weighted by molar-refractivity contribution is 0.112. The first kappa shape index (κ1) is 14.9. The topological polar surface area (TPSA) is 31.4 Å². The van der Waals surface area contributed by atoms with Crippen molar-refractivity contribution in [3.63, 3.8) is 0 Å². The minimum atomic E-state index is 0.338. The van der Waals surface area contributed by atoms with Gasteiger partial charge >= 0.3 is 0 Å². The first-order valence-corrected chi connectivity index (χ1v) is 8.47. The molecule has 21 heavy (non-hydrogen) atoms. The van der Waals surface area contributed by atoms with Gasteiger partial charge < -0.3 is 10.2 Å². The van der Waals surface area contributed by atoms with Crippen LogP contribution < -0.4 is 5.32 Å². The van der Waals surface area contributed by atoms with Crippen LogP contribution in [0.5, 0.6) is 0 Å². The lowest BCUT2D eigenvalue weighted by Gasteiger charge is -2.38. The minimum absolute atomic E-state index is 0.338. The maximum absolute atomic E-state index is 4.54. The summed E-state index contributed by atoms with van der Waals surface area (Å²) in [5.74, 6) is 0. The van der Waals surface area contributed by atoms with E-state index in [9.17, 15) is 0 Å². The molecule has 0 aliphatic carbocycles. The molecule has 0 saturated carbocycles. The summed E-state index contributed by atoms with van der Waals surface area (Å²) < 4.78 is 1.27. The molecule has 1 aliphatic heterocycles. The molecule has 1 aliphatic rings. The molecule has 0 aromatic carbocycles. The van der Waals surface area contributed by atoms with Gasteiger partial charge in [0, 0.05) is 44.5 Å². The van der Waals surface area contributed by atoms with Crippen molar-refractivity contribution < 1.29 is 0 Å². The molecule has 5 heteroatoms. The van der Waals surface area contributed by atoms with E-state index in [2.05, 4.69) is 58.6 Å². The highest BCUT2D eigenvalue weighted by Gasteiger charge is 2.22. The molecule has 2 aromatic heterocycles. The smallest absolute Gasteiger partial charge is 0.0809 e. The average Bonchev–Trinajstić information content (AvgIpc) is 2.95. The van der Waals surface area contributed by atoms with E-state index in [0.717, 1.165) is 25.2 Å². The van der Waals surface area contributed by atoms with Crippen molar-refractivity contribution in [2.75, 3.05) is 40.3 Å². The van der Waals surface area contributed by atoms with Gasteiger partial charge in [-0.2, -0.15) is 0 Å². The summed E-state index contributed by atoms with van der Waals surface area (Å²) in [5, 5.41) is 5.78. The van der Waals surface area contributed by atoms with Gasteiger partial charge in [0.25, 0.3) is 0 Å². The number of nitrogens with one attached hydrogen (secondary N) is 1. The molecule has 0 amide bonds. The van der Waals surface area contributed by atoms with Crippen LogP contribution in [0, 0.1) is 0 Å². The number of rotatable bonds is 4. The van der Waals surface area contributed by atoms with Gasteiger partial charge in [-0.15, -0.1) is 11.3 Å². The molecule has 2 unspecified atom stereocenters. The average molecular weight is 304 g/mol. The number of hydrogen-bond donors (Lipinski definition) is 1. The van der Waals surface area contributed by atoms with Gasteiger partial charge in [-0.1, -0.05) is 0 Å². The van der Waals surface area contributed by atoms with E-state index in [4.69, 9.17) is 0 Å². The van der Waals surface area contributed by atoms with E-state index < -0.39 is 0 Å². The summed E-state index contributed by atoms with van der Waals surface area (Å²) >= 11 is 1.76. The van der Waals surface area contributed by atoms with E-state index in [-0.39, 0.29) is 0 Å². The number of piperazine rings is 1. The normalized spacial score (nSPS) is 22.7. The largest absolute Gasteiger partial charge is 0.309 e. The number of aromatic nitrogens is 1. The number of pyridine rings is 1. The van der Waals surface area contributed by atoms with Gasteiger partial charge in [-0.3, -0.25) is 9.88 Å². The summed E-state index contributed by atoms with van der Waals surface area (Å²) in [7, 11) is 4.43. The second-order valence-corrected chi connectivity index (χ2v) is 7.05. The zero-order chi connectivity index (χ0) is 14.8. The van der Waals surface area contributed by atoms with Crippen LogP contribution in [0.2, 0.25) is 0 Å². The van der Waals surface area contributed by atoms with E-state index in [1.807, 2.05) is 6.20 Å². The van der Waals surface area contributed by atoms with Crippen molar-refractivity contribution in [2.24, 2.45) is 0 Å². The zero-order valence-electron chi connectivity index (χ0n) is 13.0. The fraction of sp³-hybridized carbons (Fsp3) is 0.562. The van der Waals surface area contributed by atoms with Gasteiger partial charge in [-0.25, -0.2) is 0 Å². The third-order valence-electron chi connectivity index (χ3n) is 4.46. The first-order chi connectivity index (χ1) is 10.1. The van der Waals surface area contributed by atoms with E-state index in [0.29, 0.717) is 12.1 Å². The van der Waals surface area contributed by atoms with Gasteiger partial charge in [0.2, 0.25) is 0 Å². The van der Waals surface area contributed by atoms with Crippen LogP contribution in [0.25, 0.3) is 10.2 Å². The predicted molar refractivity (Wildman–Crippen MR) is 90.0 cm³/mol. The number of fused-ring (bicyclic) bond motifs is 1. The lowest BCUT2D eigenvalue weighted by Crippen LogP contribution is -2.53. The molecule has 1 fully saturated rings. The Bertz CT molecular complexity index is 597. The zero-order valence-corrected chi connectivity index (χ0v) is 13.9. The van der Waals surface area contributed by atoms with Crippen molar-refractivity contribution >= 4 is 21.6 Å². The second-order valence-electron chi connectivity index (χ2n) is 6.10. The van der Waals surface area contributed by atoms with Crippen LogP contribution in [0.4, 0.5) is 0 Å². The summed E-state index contributed by atoms with van der Waals surface area (Å²) in [6.45, 7) is 6.70. The van der Waals surface area contributed by atoms with Gasteiger partial charge in [0.15, 0.2) is 0 Å². The summed E-state index contributed by atoms with van der Waals surface area (Å²) in [4.78, 5) is 9.41. The van der Waals surface area contributed by atoms with Crippen molar-refractivity contribution in [2.45, 2.75) is 19.0 Å². The van der Waals surface area contributed by atoms with Crippen molar-refractivity contribution in [1.29, 1.82) is 0 Å². The van der Waals surface area contributed by atoms with Crippen LogP contribution in [0.1, 0.15) is 18.5 Å². The summed E-state index contributed by atoms with van der Waals surface area (Å²) in [6, 6.07) is 5.27. The number of nitrogens with zero attached hydrogens (tertiary/aromatic N) is 3. The highest BCUT2D eigenvalue weighted by molar-refractivity contribution is 7.17. The quantitative estimate of drug-likeness (QED) is 0.938. The molecule has 4 nitrogen and oxygen atoms in total. The standard InChI is InChI=1S/C16H24N4S/c1-12(13-8-16-15(18-9-13)4-7-21-16)17-10-14-11-19(2)5-6-20(14)3/h4,7-9,12,14,17H,5-6,10-11H2,1-3H3.